The molecule has 1 aliphatic rings. The van der Waals surface area contributed by atoms with Crippen LogP contribution in [0.1, 0.15) is 11.1 Å². The fourth-order valence-corrected chi connectivity index (χ4v) is 2.20. The fraction of sp³-hybridized carbons (Fsp3) is 0.0667. The van der Waals surface area contributed by atoms with Crippen LogP contribution in [0.2, 0.25) is 0 Å². The zero-order valence-electron chi connectivity index (χ0n) is 9.43. The van der Waals surface area contributed by atoms with Crippen LogP contribution in [0.3, 0.4) is 0 Å². The molecule has 0 bridgehead atoms. The molecule has 0 fully saturated rings. The van der Waals surface area contributed by atoms with E-state index in [4.69, 9.17) is 5.73 Å². The molecule has 2 heteroatoms. The predicted molar refractivity (Wildman–Crippen MR) is 71.6 cm³/mol. The fourth-order valence-electron chi connectivity index (χ4n) is 2.20. The Labute approximate surface area is 101 Å². The first-order chi connectivity index (χ1) is 8.34. The van der Waals surface area contributed by atoms with Gasteiger partial charge in [-0.1, -0.05) is 48.5 Å². The molecule has 1 aliphatic heterocycles. The molecule has 2 nitrogen and oxygen atoms in total. The van der Waals surface area contributed by atoms with Gasteiger partial charge in [-0.05, 0) is 23.3 Å². The van der Waals surface area contributed by atoms with E-state index in [1.54, 1.807) is 0 Å². The summed E-state index contributed by atoms with van der Waals surface area (Å²) in [5.74, 6) is 0. The van der Waals surface area contributed by atoms with Crippen LogP contribution < -0.4 is 11.1 Å². The molecule has 1 unspecified atom stereocenters. The third-order valence-electron chi connectivity index (χ3n) is 2.97. The molecule has 0 saturated heterocycles. The van der Waals surface area contributed by atoms with Gasteiger partial charge in [0.2, 0.25) is 0 Å². The van der Waals surface area contributed by atoms with Gasteiger partial charge in [0.15, 0.2) is 0 Å². The third kappa shape index (κ3) is 1.83. The first-order valence-corrected chi connectivity index (χ1v) is 5.73. The van der Waals surface area contributed by atoms with E-state index in [0.29, 0.717) is 0 Å². The van der Waals surface area contributed by atoms with Crippen molar-refractivity contribution in [2.24, 2.45) is 5.73 Å². The van der Waals surface area contributed by atoms with Crippen molar-refractivity contribution in [1.29, 1.82) is 0 Å². The van der Waals surface area contributed by atoms with Gasteiger partial charge in [-0.3, -0.25) is 0 Å². The summed E-state index contributed by atoms with van der Waals surface area (Å²) >= 11 is 0. The number of nitrogens with one attached hydrogen (secondary N) is 1. The van der Waals surface area contributed by atoms with Gasteiger partial charge in [-0.25, -0.2) is 0 Å². The first-order valence-electron chi connectivity index (χ1n) is 5.73. The van der Waals surface area contributed by atoms with Gasteiger partial charge in [-0.15, -0.1) is 0 Å². The first kappa shape index (κ1) is 10.1. The maximum atomic E-state index is 5.99. The molecule has 0 radical (unpaired) electrons. The standard InChI is InChI=1S/C15H14N2/c16-15-10-13(11-6-2-1-3-7-11)12-8-4-5-9-14(12)17-15/h1-10,15,17H,16H2. The SMILES string of the molecule is NC1C=C(c2ccccc2)c2ccccc2N1. The average molecular weight is 222 g/mol. The van der Waals surface area contributed by atoms with Crippen LogP contribution >= 0.6 is 0 Å². The smallest absolute Gasteiger partial charge is 0.0944 e. The van der Waals surface area contributed by atoms with Gasteiger partial charge < -0.3 is 11.1 Å². The van der Waals surface area contributed by atoms with Crippen molar-refractivity contribution in [2.45, 2.75) is 6.17 Å². The number of fused-ring (bicyclic) bond motifs is 1. The van der Waals surface area contributed by atoms with Crippen LogP contribution in [0.25, 0.3) is 5.57 Å². The minimum atomic E-state index is -0.125. The third-order valence-corrected chi connectivity index (χ3v) is 2.97. The van der Waals surface area contributed by atoms with E-state index < -0.39 is 0 Å². The zero-order valence-corrected chi connectivity index (χ0v) is 9.43. The van der Waals surface area contributed by atoms with Crippen molar-refractivity contribution in [1.82, 2.24) is 0 Å². The van der Waals surface area contributed by atoms with Crippen LogP contribution in [-0.4, -0.2) is 6.17 Å². The van der Waals surface area contributed by atoms with Crippen molar-refractivity contribution >= 4 is 11.3 Å². The molecule has 17 heavy (non-hydrogen) atoms. The van der Waals surface area contributed by atoms with Crippen molar-refractivity contribution in [3.63, 3.8) is 0 Å². The van der Waals surface area contributed by atoms with E-state index in [1.165, 1.54) is 16.7 Å². The highest BCUT2D eigenvalue weighted by Gasteiger charge is 2.16. The van der Waals surface area contributed by atoms with Gasteiger partial charge in [0.1, 0.15) is 0 Å². The van der Waals surface area contributed by atoms with Crippen molar-refractivity contribution in [3.8, 4) is 0 Å². The number of nitrogens with two attached hydrogens (primary N) is 1. The molecule has 0 saturated carbocycles. The van der Waals surface area contributed by atoms with Crippen LogP contribution in [0.15, 0.2) is 60.7 Å². The lowest BCUT2D eigenvalue weighted by atomic mass is 9.93. The lowest BCUT2D eigenvalue weighted by molar-refractivity contribution is 0.933. The molecule has 0 amide bonds. The molecule has 0 spiro atoms. The average Bonchev–Trinajstić information content (AvgIpc) is 2.39. The Bertz CT molecular complexity index is 558. The zero-order chi connectivity index (χ0) is 11.7. The second-order valence-electron chi connectivity index (χ2n) is 4.16. The summed E-state index contributed by atoms with van der Waals surface area (Å²) in [7, 11) is 0. The molecule has 0 aromatic heterocycles. The number of benzene rings is 2. The molecule has 84 valence electrons. The number of para-hydroxylation sites is 1. The summed E-state index contributed by atoms with van der Waals surface area (Å²) in [6.07, 6.45) is 1.94. The summed E-state index contributed by atoms with van der Waals surface area (Å²) < 4.78 is 0. The van der Waals surface area contributed by atoms with Gasteiger partial charge in [0, 0.05) is 11.3 Å². The van der Waals surface area contributed by atoms with Crippen molar-refractivity contribution < 1.29 is 0 Å². The Kier molecular flexibility index (Phi) is 2.42. The van der Waals surface area contributed by atoms with E-state index >= 15 is 0 Å². The molecule has 2 aromatic rings. The van der Waals surface area contributed by atoms with E-state index in [-0.39, 0.29) is 6.17 Å². The second-order valence-corrected chi connectivity index (χ2v) is 4.16. The van der Waals surface area contributed by atoms with Crippen LogP contribution in [0.5, 0.6) is 0 Å². The molecule has 2 aromatic carbocycles. The molecular formula is C15H14N2. The molecule has 3 N–H and O–H groups in total. The van der Waals surface area contributed by atoms with Crippen molar-refractivity contribution in [2.75, 3.05) is 5.32 Å². The molecule has 0 aliphatic carbocycles. The Morgan fingerprint density at radius 1 is 0.882 bits per heavy atom. The van der Waals surface area contributed by atoms with Gasteiger partial charge in [-0.2, -0.15) is 0 Å². The lowest BCUT2D eigenvalue weighted by Gasteiger charge is -2.24. The Balaban J connectivity index is 2.16. The highest BCUT2D eigenvalue weighted by atomic mass is 15.0. The minimum absolute atomic E-state index is 0.125. The van der Waals surface area contributed by atoms with Crippen LogP contribution in [0, 0.1) is 0 Å². The molecule has 3 rings (SSSR count). The normalized spacial score (nSPS) is 17.9. The summed E-state index contributed by atoms with van der Waals surface area (Å²) in [4.78, 5) is 0. The lowest BCUT2D eigenvalue weighted by Crippen LogP contribution is -2.30. The van der Waals surface area contributed by atoms with Crippen LogP contribution in [0.4, 0.5) is 5.69 Å². The van der Waals surface area contributed by atoms with E-state index in [0.717, 1.165) is 5.69 Å². The summed E-state index contributed by atoms with van der Waals surface area (Å²) in [6.45, 7) is 0. The topological polar surface area (TPSA) is 38.0 Å². The van der Waals surface area contributed by atoms with Gasteiger partial charge in [0.25, 0.3) is 0 Å². The maximum Gasteiger partial charge on any atom is 0.0944 e. The minimum Gasteiger partial charge on any atom is -0.366 e. The summed E-state index contributed by atoms with van der Waals surface area (Å²) in [5.41, 5.74) is 10.7. The molecular weight excluding hydrogens is 208 g/mol. The maximum absolute atomic E-state index is 5.99. The van der Waals surface area contributed by atoms with Gasteiger partial charge >= 0.3 is 0 Å². The summed E-state index contributed by atoms with van der Waals surface area (Å²) in [5, 5.41) is 3.26. The Morgan fingerprint density at radius 2 is 1.59 bits per heavy atom. The second kappa shape index (κ2) is 4.07. The van der Waals surface area contributed by atoms with Crippen LogP contribution in [-0.2, 0) is 0 Å². The highest BCUT2D eigenvalue weighted by Crippen LogP contribution is 2.32. The molecule has 1 heterocycles. The summed E-state index contributed by atoms with van der Waals surface area (Å²) in [6, 6.07) is 18.6. The van der Waals surface area contributed by atoms with Crippen molar-refractivity contribution in [3.05, 3.63) is 71.8 Å². The Morgan fingerprint density at radius 3 is 2.41 bits per heavy atom. The van der Waals surface area contributed by atoms with E-state index in [1.807, 2.05) is 30.3 Å². The number of hydrogen-bond acceptors (Lipinski definition) is 2. The van der Waals surface area contributed by atoms with E-state index in [9.17, 15) is 0 Å². The monoisotopic (exact) mass is 222 g/mol. The predicted octanol–water partition coefficient (Wildman–Crippen LogP) is 2.83. The van der Waals surface area contributed by atoms with Gasteiger partial charge in [0.05, 0.1) is 6.17 Å². The highest BCUT2D eigenvalue weighted by molar-refractivity contribution is 5.88. The van der Waals surface area contributed by atoms with E-state index in [2.05, 4.69) is 35.7 Å². The number of hydrogen-bond donors (Lipinski definition) is 2. The largest absolute Gasteiger partial charge is 0.366 e. The Hall–Kier alpha value is -2.06. The number of anilines is 1. The quantitative estimate of drug-likeness (QED) is 0.778. The molecule has 1 atom stereocenters. The number of rotatable bonds is 1.